The van der Waals surface area contributed by atoms with Crippen LogP contribution in [-0.2, 0) is 17.7 Å². The topological polar surface area (TPSA) is 76.8 Å². The minimum Gasteiger partial charge on any atom is -0.372 e. The van der Waals surface area contributed by atoms with Gasteiger partial charge in [-0.3, -0.25) is 5.10 Å². The second kappa shape index (κ2) is 5.08. The molecule has 0 saturated heterocycles. The molecule has 1 aromatic heterocycles. The van der Waals surface area contributed by atoms with Gasteiger partial charge in [0.05, 0.1) is 13.2 Å². The number of hydrogen-bond donors (Lipinski definition) is 2. The fourth-order valence-electron chi connectivity index (χ4n) is 0.889. The lowest BCUT2D eigenvalue weighted by molar-refractivity contribution is -0.173. The van der Waals surface area contributed by atoms with Gasteiger partial charge in [-0.1, -0.05) is 0 Å². The zero-order valence-electron chi connectivity index (χ0n) is 7.84. The van der Waals surface area contributed by atoms with Gasteiger partial charge in [0.15, 0.2) is 5.82 Å². The molecule has 8 heteroatoms. The van der Waals surface area contributed by atoms with Crippen LogP contribution in [0.25, 0.3) is 0 Å². The molecule has 0 aliphatic rings. The predicted octanol–water partition coefficient (Wildman–Crippen LogP) is 0.385. The van der Waals surface area contributed by atoms with E-state index in [1.54, 1.807) is 0 Å². The second-order valence-electron chi connectivity index (χ2n) is 2.82. The fourth-order valence-corrected chi connectivity index (χ4v) is 0.889. The van der Waals surface area contributed by atoms with E-state index in [0.29, 0.717) is 11.6 Å². The maximum absolute atomic E-state index is 11.7. The number of H-pyrrole nitrogens is 1. The van der Waals surface area contributed by atoms with Crippen molar-refractivity contribution in [3.8, 4) is 0 Å². The molecule has 5 nitrogen and oxygen atoms in total. The molecular weight excluding hydrogens is 213 g/mol. The van der Waals surface area contributed by atoms with E-state index in [-0.39, 0.29) is 19.6 Å². The molecule has 0 atom stereocenters. The summed E-state index contributed by atoms with van der Waals surface area (Å²) >= 11 is 0. The van der Waals surface area contributed by atoms with Gasteiger partial charge in [-0.15, -0.1) is 0 Å². The van der Waals surface area contributed by atoms with Crippen molar-refractivity contribution in [2.24, 2.45) is 5.73 Å². The number of rotatable bonds is 5. The van der Waals surface area contributed by atoms with Crippen molar-refractivity contribution in [1.29, 1.82) is 0 Å². The third kappa shape index (κ3) is 4.75. The van der Waals surface area contributed by atoms with Gasteiger partial charge in [0, 0.05) is 6.42 Å². The zero-order chi connectivity index (χ0) is 11.3. The number of nitrogens with two attached hydrogens (primary N) is 1. The average molecular weight is 224 g/mol. The van der Waals surface area contributed by atoms with Crippen LogP contribution in [0.1, 0.15) is 11.6 Å². The van der Waals surface area contributed by atoms with Crippen LogP contribution in [0.4, 0.5) is 13.2 Å². The first kappa shape index (κ1) is 11.9. The largest absolute Gasteiger partial charge is 0.411 e. The van der Waals surface area contributed by atoms with Gasteiger partial charge in [-0.05, 0) is 0 Å². The molecule has 0 radical (unpaired) electrons. The van der Waals surface area contributed by atoms with E-state index in [4.69, 9.17) is 5.73 Å². The van der Waals surface area contributed by atoms with Crippen LogP contribution in [0, 0.1) is 0 Å². The Morgan fingerprint density at radius 2 is 2.13 bits per heavy atom. The van der Waals surface area contributed by atoms with Crippen molar-refractivity contribution in [1.82, 2.24) is 15.2 Å². The molecule has 0 saturated carbocycles. The maximum Gasteiger partial charge on any atom is 0.411 e. The summed E-state index contributed by atoms with van der Waals surface area (Å²) in [5, 5.41) is 6.29. The number of nitrogens with zero attached hydrogens (tertiary/aromatic N) is 2. The first-order chi connectivity index (χ1) is 7.01. The Bertz CT molecular complexity index is 299. The van der Waals surface area contributed by atoms with Crippen molar-refractivity contribution in [3.05, 3.63) is 11.6 Å². The molecule has 0 aliphatic carbocycles. The first-order valence-corrected chi connectivity index (χ1v) is 4.26. The van der Waals surface area contributed by atoms with Crippen molar-refractivity contribution in [2.75, 3.05) is 13.2 Å². The fraction of sp³-hybridized carbons (Fsp3) is 0.714. The molecule has 3 N–H and O–H groups in total. The monoisotopic (exact) mass is 224 g/mol. The van der Waals surface area contributed by atoms with Crippen LogP contribution < -0.4 is 5.73 Å². The minimum atomic E-state index is -4.29. The Morgan fingerprint density at radius 1 is 1.40 bits per heavy atom. The lowest BCUT2D eigenvalue weighted by atomic mass is 10.4. The summed E-state index contributed by atoms with van der Waals surface area (Å²) in [4.78, 5) is 3.91. The highest BCUT2D eigenvalue weighted by Gasteiger charge is 2.27. The van der Waals surface area contributed by atoms with Crippen LogP contribution in [-0.4, -0.2) is 34.6 Å². The summed E-state index contributed by atoms with van der Waals surface area (Å²) in [6.07, 6.45) is -4.06. The first-order valence-electron chi connectivity index (χ1n) is 4.26. The van der Waals surface area contributed by atoms with E-state index in [2.05, 4.69) is 19.9 Å². The van der Waals surface area contributed by atoms with Gasteiger partial charge < -0.3 is 10.5 Å². The summed E-state index contributed by atoms with van der Waals surface area (Å²) in [6, 6.07) is 0. The summed E-state index contributed by atoms with van der Waals surface area (Å²) in [6.45, 7) is -1.10. The third-order valence-corrected chi connectivity index (χ3v) is 1.51. The number of aromatic amines is 1. The summed E-state index contributed by atoms with van der Waals surface area (Å²) < 4.78 is 39.4. The Balaban J connectivity index is 2.20. The number of halogens is 3. The highest BCUT2D eigenvalue weighted by molar-refractivity contribution is 4.89. The molecule has 0 aliphatic heterocycles. The molecule has 0 aromatic carbocycles. The van der Waals surface area contributed by atoms with Crippen molar-refractivity contribution in [3.63, 3.8) is 0 Å². The zero-order valence-corrected chi connectivity index (χ0v) is 7.84. The normalized spacial score (nSPS) is 12.0. The molecule has 1 rings (SSSR count). The number of nitrogens with one attached hydrogen (secondary N) is 1. The van der Waals surface area contributed by atoms with E-state index < -0.39 is 12.8 Å². The molecule has 86 valence electrons. The van der Waals surface area contributed by atoms with E-state index in [1.165, 1.54) is 0 Å². The van der Waals surface area contributed by atoms with Crippen LogP contribution in [0.15, 0.2) is 0 Å². The standard InChI is InChI=1S/C7H11F3N4O/c8-7(9,10)4-15-2-1-5-12-6(3-11)14-13-5/h1-4,11H2,(H,12,13,14). The van der Waals surface area contributed by atoms with E-state index in [0.717, 1.165) is 0 Å². The van der Waals surface area contributed by atoms with Crippen molar-refractivity contribution >= 4 is 0 Å². The molecule has 1 heterocycles. The van der Waals surface area contributed by atoms with Crippen LogP contribution >= 0.6 is 0 Å². The lowest BCUT2D eigenvalue weighted by Gasteiger charge is -2.05. The average Bonchev–Trinajstić information content (AvgIpc) is 2.59. The highest BCUT2D eigenvalue weighted by Crippen LogP contribution is 2.14. The van der Waals surface area contributed by atoms with Gasteiger partial charge in [-0.25, -0.2) is 4.98 Å². The van der Waals surface area contributed by atoms with Gasteiger partial charge in [0.1, 0.15) is 12.4 Å². The van der Waals surface area contributed by atoms with Crippen LogP contribution in [0.5, 0.6) is 0 Å². The summed E-state index contributed by atoms with van der Waals surface area (Å²) in [5.74, 6) is 0.901. The number of aromatic nitrogens is 3. The minimum absolute atomic E-state index is 0.0681. The Hall–Kier alpha value is -1.15. The van der Waals surface area contributed by atoms with Gasteiger partial charge >= 0.3 is 6.18 Å². The molecule has 0 fully saturated rings. The van der Waals surface area contributed by atoms with Gasteiger partial charge in [0.2, 0.25) is 0 Å². The van der Waals surface area contributed by atoms with Crippen LogP contribution in [0.2, 0.25) is 0 Å². The Kier molecular flexibility index (Phi) is 4.04. The lowest BCUT2D eigenvalue weighted by Crippen LogP contribution is -2.18. The molecule has 15 heavy (non-hydrogen) atoms. The Morgan fingerprint density at radius 3 is 2.67 bits per heavy atom. The van der Waals surface area contributed by atoms with Gasteiger partial charge in [-0.2, -0.15) is 18.3 Å². The summed E-state index contributed by atoms with van der Waals surface area (Å²) in [7, 11) is 0. The number of ether oxygens (including phenoxy) is 1. The van der Waals surface area contributed by atoms with Crippen molar-refractivity contribution < 1.29 is 17.9 Å². The molecule has 0 unspecified atom stereocenters. The second-order valence-corrected chi connectivity index (χ2v) is 2.82. The quantitative estimate of drug-likeness (QED) is 0.709. The van der Waals surface area contributed by atoms with E-state index >= 15 is 0 Å². The Labute approximate surface area is 83.8 Å². The smallest absolute Gasteiger partial charge is 0.372 e. The molecule has 0 bridgehead atoms. The SMILES string of the molecule is NCc1nc(CCOCC(F)(F)F)n[nH]1. The molecule has 1 aromatic rings. The van der Waals surface area contributed by atoms with Crippen molar-refractivity contribution in [2.45, 2.75) is 19.1 Å². The van der Waals surface area contributed by atoms with E-state index in [1.807, 2.05) is 0 Å². The molecule has 0 spiro atoms. The van der Waals surface area contributed by atoms with E-state index in [9.17, 15) is 13.2 Å². The number of hydrogen-bond acceptors (Lipinski definition) is 4. The number of alkyl halides is 3. The van der Waals surface area contributed by atoms with Gasteiger partial charge in [0.25, 0.3) is 0 Å². The van der Waals surface area contributed by atoms with Crippen LogP contribution in [0.3, 0.4) is 0 Å². The third-order valence-electron chi connectivity index (χ3n) is 1.51. The molecule has 0 amide bonds. The highest BCUT2D eigenvalue weighted by atomic mass is 19.4. The predicted molar refractivity (Wildman–Crippen MR) is 44.9 cm³/mol. The summed E-state index contributed by atoms with van der Waals surface area (Å²) in [5.41, 5.74) is 5.26. The maximum atomic E-state index is 11.7. The molecular formula is C7H11F3N4O.